The summed E-state index contributed by atoms with van der Waals surface area (Å²) in [5.41, 5.74) is 0. The molecular weight excluding hydrogens is 446 g/mol. The number of esters is 3. The molecule has 0 aromatic rings. The van der Waals surface area contributed by atoms with Gasteiger partial charge in [-0.05, 0) is 12.8 Å². The molecule has 1 aliphatic carbocycles. The van der Waals surface area contributed by atoms with E-state index >= 15 is 0 Å². The second kappa shape index (κ2) is 7.30. The lowest BCUT2D eigenvalue weighted by Crippen LogP contribution is -2.67. The Morgan fingerprint density at radius 2 is 1.66 bits per heavy atom. The van der Waals surface area contributed by atoms with Gasteiger partial charge in [0.1, 0.15) is 12.2 Å². The van der Waals surface area contributed by atoms with Gasteiger partial charge in [0, 0.05) is 6.42 Å². The predicted molar refractivity (Wildman–Crippen MR) is 74.4 cm³/mol. The first kappa shape index (κ1) is 23.2. The van der Waals surface area contributed by atoms with Crippen LogP contribution in [0.15, 0.2) is 0 Å². The van der Waals surface area contributed by atoms with Crippen molar-refractivity contribution in [3.8, 4) is 0 Å². The maximum absolute atomic E-state index is 12.9. The zero-order valence-electron chi connectivity index (χ0n) is 13.9. The Bertz CT molecular complexity index is 789. The fraction of sp³-hybridized carbons (Fsp3) is 0.769. The van der Waals surface area contributed by atoms with E-state index in [0.29, 0.717) is 0 Å². The van der Waals surface area contributed by atoms with Crippen molar-refractivity contribution in [3.63, 3.8) is 0 Å². The second-order valence-corrected chi connectivity index (χ2v) is 7.80. The molecule has 2 aliphatic rings. The van der Waals surface area contributed by atoms with Crippen LogP contribution in [0.25, 0.3) is 0 Å². The zero-order chi connectivity index (χ0) is 22.4. The Hall–Kier alpha value is -2.10. The third-order valence-electron chi connectivity index (χ3n) is 4.41. The molecule has 0 radical (unpaired) electrons. The van der Waals surface area contributed by atoms with Crippen molar-refractivity contribution in [1.29, 1.82) is 0 Å². The van der Waals surface area contributed by atoms with Gasteiger partial charge in [-0.2, -0.15) is 34.8 Å². The number of fused-ring (bicyclic) bond motifs is 2. The molecule has 1 saturated carbocycles. The highest BCUT2D eigenvalue weighted by molar-refractivity contribution is 7.88. The molecule has 2 rings (SSSR count). The van der Waals surface area contributed by atoms with Gasteiger partial charge in [-0.3, -0.25) is 9.35 Å². The quantitative estimate of drug-likeness (QED) is 0.276. The molecule has 3 atom stereocenters. The summed E-state index contributed by atoms with van der Waals surface area (Å²) in [6.45, 7) is -1.82. The number of carbonyl (C=O) groups is 3. The number of ether oxygens (including phenoxy) is 3. The van der Waals surface area contributed by atoms with Crippen LogP contribution in [0.3, 0.4) is 0 Å². The Morgan fingerprint density at radius 1 is 1.10 bits per heavy atom. The lowest BCUT2D eigenvalue weighted by atomic mass is 9.88. The van der Waals surface area contributed by atoms with E-state index in [9.17, 15) is 49.1 Å². The van der Waals surface area contributed by atoms with E-state index in [1.54, 1.807) is 0 Å². The molecule has 16 heteroatoms. The van der Waals surface area contributed by atoms with E-state index in [1.165, 1.54) is 0 Å². The van der Waals surface area contributed by atoms with Crippen molar-refractivity contribution in [3.05, 3.63) is 0 Å². The zero-order valence-corrected chi connectivity index (χ0v) is 14.8. The average Bonchev–Trinajstić information content (AvgIpc) is 2.80. The van der Waals surface area contributed by atoms with Gasteiger partial charge < -0.3 is 14.2 Å². The van der Waals surface area contributed by atoms with E-state index in [4.69, 9.17) is 14.0 Å². The molecule has 166 valence electrons. The Balaban J connectivity index is 2.12. The first-order valence-corrected chi connectivity index (χ1v) is 9.14. The summed E-state index contributed by atoms with van der Waals surface area (Å²) in [6.07, 6.45) is -15.1. The van der Waals surface area contributed by atoms with Gasteiger partial charge in [0.05, 0.1) is 5.92 Å². The van der Waals surface area contributed by atoms with E-state index in [2.05, 4.69) is 4.74 Å². The number of hydrogen-bond donors (Lipinski definition) is 1. The molecule has 1 heterocycles. The lowest BCUT2D eigenvalue weighted by molar-refractivity contribution is -0.269. The van der Waals surface area contributed by atoms with Crippen LogP contribution in [-0.2, 0) is 38.7 Å². The third kappa shape index (κ3) is 3.99. The molecule has 3 unspecified atom stereocenters. The van der Waals surface area contributed by atoms with Crippen molar-refractivity contribution in [2.24, 2.45) is 5.92 Å². The summed E-state index contributed by atoms with van der Waals surface area (Å²) in [7, 11) is -7.16. The maximum atomic E-state index is 12.9. The van der Waals surface area contributed by atoms with Gasteiger partial charge in [0.15, 0.2) is 6.61 Å². The van der Waals surface area contributed by atoms with Crippen molar-refractivity contribution in [2.75, 3.05) is 6.61 Å². The monoisotopic (exact) mass is 458 g/mol. The van der Waals surface area contributed by atoms with Crippen LogP contribution in [0.4, 0.5) is 26.3 Å². The number of hydrogen-bond acceptors (Lipinski definition) is 8. The molecular formula is C13H12F6O9S. The first-order valence-electron chi connectivity index (χ1n) is 7.70. The molecule has 29 heavy (non-hydrogen) atoms. The molecule has 0 aromatic carbocycles. The molecule has 1 N–H and O–H groups in total. The van der Waals surface area contributed by atoms with E-state index in [0.717, 1.165) is 0 Å². The number of carbonyl (C=O) groups excluding carboxylic acids is 3. The van der Waals surface area contributed by atoms with Crippen LogP contribution >= 0.6 is 0 Å². The van der Waals surface area contributed by atoms with Crippen LogP contribution in [0.2, 0.25) is 0 Å². The summed E-state index contributed by atoms with van der Waals surface area (Å²) in [5.74, 6) is -6.05. The Labute approximate surface area is 158 Å². The molecule has 9 nitrogen and oxygen atoms in total. The molecule has 0 aromatic heterocycles. The topological polar surface area (TPSA) is 133 Å². The minimum atomic E-state index is -7.16. The first-order chi connectivity index (χ1) is 13.0. The predicted octanol–water partition coefficient (Wildman–Crippen LogP) is 0.918. The molecule has 1 saturated heterocycles. The van der Waals surface area contributed by atoms with E-state index < -0.39 is 69.9 Å². The minimum absolute atomic E-state index is 0.0980. The average molecular weight is 458 g/mol. The van der Waals surface area contributed by atoms with Crippen LogP contribution in [0.1, 0.15) is 19.3 Å². The van der Waals surface area contributed by atoms with Crippen LogP contribution in [0.5, 0.6) is 0 Å². The van der Waals surface area contributed by atoms with Crippen molar-refractivity contribution in [2.45, 2.75) is 48.6 Å². The van der Waals surface area contributed by atoms with Gasteiger partial charge >= 0.3 is 45.1 Å². The third-order valence-corrected chi connectivity index (χ3v) is 5.81. The molecule has 1 aliphatic heterocycles. The van der Waals surface area contributed by atoms with Gasteiger partial charge in [0.2, 0.25) is 0 Å². The second-order valence-electron chi connectivity index (χ2n) is 6.24. The smallest absolute Gasteiger partial charge is 0.430 e. The fourth-order valence-electron chi connectivity index (χ4n) is 3.04. The number of rotatable bonds is 5. The number of halogens is 6. The summed E-state index contributed by atoms with van der Waals surface area (Å²) in [5, 5.41) is 0. The maximum Gasteiger partial charge on any atom is 0.430 e. The SMILES string of the molecule is O=C(COC(=O)C(C(F)(F)F)(C(F)(F)F)S(=O)(=O)O)OC1CCC2CC1OC2=O. The minimum Gasteiger partial charge on any atom is -0.458 e. The van der Waals surface area contributed by atoms with Crippen LogP contribution < -0.4 is 0 Å². The normalized spacial score (nSPS) is 25.3. The van der Waals surface area contributed by atoms with Crippen molar-refractivity contribution in [1.82, 2.24) is 0 Å². The summed E-state index contributed by atoms with van der Waals surface area (Å²) < 4.78 is 115. The number of alkyl halides is 6. The van der Waals surface area contributed by atoms with Crippen molar-refractivity contribution < 1.29 is 67.9 Å². The molecule has 2 bridgehead atoms. The largest absolute Gasteiger partial charge is 0.458 e. The highest BCUT2D eigenvalue weighted by Crippen LogP contribution is 2.49. The van der Waals surface area contributed by atoms with Gasteiger partial charge in [0.25, 0.3) is 0 Å². The van der Waals surface area contributed by atoms with Crippen LogP contribution in [0, 0.1) is 5.92 Å². The highest BCUT2D eigenvalue weighted by atomic mass is 32.2. The van der Waals surface area contributed by atoms with Gasteiger partial charge in [-0.15, -0.1) is 0 Å². The van der Waals surface area contributed by atoms with Gasteiger partial charge in [-0.25, -0.2) is 9.59 Å². The van der Waals surface area contributed by atoms with Gasteiger partial charge in [-0.1, -0.05) is 0 Å². The Morgan fingerprint density at radius 3 is 2.14 bits per heavy atom. The lowest BCUT2D eigenvalue weighted by Gasteiger charge is -2.31. The molecule has 0 amide bonds. The van der Waals surface area contributed by atoms with E-state index in [-0.39, 0.29) is 19.3 Å². The van der Waals surface area contributed by atoms with Crippen LogP contribution in [-0.4, -0.2) is 66.8 Å². The summed E-state index contributed by atoms with van der Waals surface area (Å²) in [6, 6.07) is 0. The Kier molecular flexibility index (Phi) is 5.84. The molecule has 0 spiro atoms. The van der Waals surface area contributed by atoms with Crippen molar-refractivity contribution >= 4 is 28.0 Å². The fourth-order valence-corrected chi connectivity index (χ4v) is 3.89. The summed E-state index contributed by atoms with van der Waals surface area (Å²) in [4.78, 5) is 34.5. The standard InChI is InChI=1S/C13H12F6O9S/c14-12(15,16)11(13(17,18)19,29(23,24)25)10(22)26-4-8(20)27-6-2-1-5-3-7(6)28-9(5)21/h5-7H,1-4H2,(H,23,24,25). The molecule has 2 fully saturated rings. The highest BCUT2D eigenvalue weighted by Gasteiger charge is 2.84. The van der Waals surface area contributed by atoms with E-state index in [1.807, 2.05) is 0 Å². The summed E-state index contributed by atoms with van der Waals surface area (Å²) >= 11 is 0.